The van der Waals surface area contributed by atoms with Crippen LogP contribution in [-0.2, 0) is 14.2 Å². The molecule has 1 N–H and O–H groups in total. The van der Waals surface area contributed by atoms with Gasteiger partial charge in [-0.3, -0.25) is 0 Å². The molecule has 0 aromatic carbocycles. The van der Waals surface area contributed by atoms with Crippen LogP contribution in [0.1, 0.15) is 41.5 Å². The van der Waals surface area contributed by atoms with Gasteiger partial charge in [0.1, 0.15) is 0 Å². The summed E-state index contributed by atoms with van der Waals surface area (Å²) < 4.78 is 15.9. The molecule has 0 unspecified atom stereocenters. The molecule has 4 heteroatoms. The molecule has 0 aromatic heterocycles. The maximum atomic E-state index is 10.1. The minimum absolute atomic E-state index is 0.312. The zero-order valence-electron chi connectivity index (χ0n) is 12.0. The van der Waals surface area contributed by atoms with Gasteiger partial charge in [-0.25, -0.2) is 0 Å². The fourth-order valence-electron chi connectivity index (χ4n) is 0.941. The smallest absolute Gasteiger partial charge is 0.319 e. The average Bonchev–Trinajstić information content (AvgIpc) is 2.21. The zero-order valence-corrected chi connectivity index (χ0v) is 12.0. The van der Waals surface area contributed by atoms with Crippen LogP contribution in [0.4, 0.5) is 0 Å². The lowest BCUT2D eigenvalue weighted by atomic mass is 10.2. The molecule has 17 heavy (non-hydrogen) atoms. The lowest BCUT2D eigenvalue weighted by Crippen LogP contribution is -2.41. The number of ether oxygens (including phenoxy) is 3. The van der Waals surface area contributed by atoms with Gasteiger partial charge >= 0.3 is 6.16 Å². The van der Waals surface area contributed by atoms with E-state index in [1.54, 1.807) is 0 Å². The van der Waals surface area contributed by atoms with Gasteiger partial charge in [0.05, 0.1) is 19.8 Å². The zero-order chi connectivity index (χ0) is 13.5. The third-order valence-electron chi connectivity index (χ3n) is 1.80. The number of hydrogen-bond donors (Lipinski definition) is 1. The Balaban J connectivity index is 4.23. The summed E-state index contributed by atoms with van der Waals surface area (Å²) in [5.74, 6) is 0.936. The van der Waals surface area contributed by atoms with Crippen molar-refractivity contribution in [2.45, 2.75) is 47.7 Å². The van der Waals surface area contributed by atoms with Crippen molar-refractivity contribution in [1.29, 1.82) is 0 Å². The first-order valence-corrected chi connectivity index (χ1v) is 6.39. The van der Waals surface area contributed by atoms with E-state index in [0.717, 1.165) is 0 Å². The molecule has 0 aliphatic rings. The van der Waals surface area contributed by atoms with Crippen LogP contribution in [0.3, 0.4) is 0 Å². The fraction of sp³-hybridized carbons (Fsp3) is 1.00. The first kappa shape index (κ1) is 16.8. The lowest BCUT2D eigenvalue weighted by Gasteiger charge is -2.29. The van der Waals surface area contributed by atoms with E-state index in [9.17, 15) is 5.11 Å². The van der Waals surface area contributed by atoms with Gasteiger partial charge in [0.15, 0.2) is 0 Å². The predicted molar refractivity (Wildman–Crippen MR) is 67.3 cm³/mol. The second kappa shape index (κ2) is 8.03. The highest BCUT2D eigenvalue weighted by atomic mass is 17.0. The van der Waals surface area contributed by atoms with Crippen molar-refractivity contribution in [2.75, 3.05) is 19.8 Å². The Kier molecular flexibility index (Phi) is 7.96. The van der Waals surface area contributed by atoms with Crippen molar-refractivity contribution in [2.24, 2.45) is 17.8 Å². The molecule has 0 aromatic rings. The van der Waals surface area contributed by atoms with Crippen molar-refractivity contribution in [3.63, 3.8) is 0 Å². The first-order valence-electron chi connectivity index (χ1n) is 6.39. The minimum atomic E-state index is -1.90. The van der Waals surface area contributed by atoms with Gasteiger partial charge in [-0.2, -0.15) is 0 Å². The molecule has 0 bridgehead atoms. The fourth-order valence-corrected chi connectivity index (χ4v) is 0.941. The Morgan fingerprint density at radius 3 is 1.12 bits per heavy atom. The molecular formula is C13H28O4. The Hall–Kier alpha value is -0.160. The van der Waals surface area contributed by atoms with Gasteiger partial charge in [0, 0.05) is 0 Å². The largest absolute Gasteiger partial charge is 0.410 e. The number of aliphatic hydroxyl groups is 1. The molecule has 0 heterocycles. The van der Waals surface area contributed by atoms with Crippen molar-refractivity contribution in [3.8, 4) is 0 Å². The van der Waals surface area contributed by atoms with Crippen LogP contribution in [-0.4, -0.2) is 31.1 Å². The van der Waals surface area contributed by atoms with E-state index in [-0.39, 0.29) is 0 Å². The highest BCUT2D eigenvalue weighted by Crippen LogP contribution is 2.16. The van der Waals surface area contributed by atoms with Gasteiger partial charge in [-0.15, -0.1) is 0 Å². The van der Waals surface area contributed by atoms with Crippen LogP contribution in [0, 0.1) is 17.8 Å². The van der Waals surface area contributed by atoms with E-state index in [0.29, 0.717) is 37.6 Å². The Morgan fingerprint density at radius 1 is 0.706 bits per heavy atom. The Labute approximate surface area is 105 Å². The maximum Gasteiger partial charge on any atom is 0.410 e. The second-order valence-corrected chi connectivity index (χ2v) is 5.64. The maximum absolute atomic E-state index is 10.1. The highest BCUT2D eigenvalue weighted by molar-refractivity contribution is 4.48. The van der Waals surface area contributed by atoms with E-state index >= 15 is 0 Å². The van der Waals surface area contributed by atoms with Crippen molar-refractivity contribution < 1.29 is 19.3 Å². The molecule has 0 saturated carbocycles. The van der Waals surface area contributed by atoms with Crippen LogP contribution in [0.2, 0.25) is 0 Å². The minimum Gasteiger partial charge on any atom is -0.319 e. The van der Waals surface area contributed by atoms with Crippen LogP contribution >= 0.6 is 0 Å². The van der Waals surface area contributed by atoms with E-state index in [1.165, 1.54) is 0 Å². The van der Waals surface area contributed by atoms with Gasteiger partial charge in [-0.05, 0) is 17.8 Å². The van der Waals surface area contributed by atoms with Gasteiger partial charge in [0.2, 0.25) is 0 Å². The number of rotatable bonds is 9. The van der Waals surface area contributed by atoms with Crippen LogP contribution in [0.25, 0.3) is 0 Å². The van der Waals surface area contributed by atoms with E-state index < -0.39 is 6.16 Å². The summed E-state index contributed by atoms with van der Waals surface area (Å²) in [6.07, 6.45) is -1.90. The molecule has 0 fully saturated rings. The summed E-state index contributed by atoms with van der Waals surface area (Å²) in [6.45, 7) is 13.2. The van der Waals surface area contributed by atoms with Gasteiger partial charge < -0.3 is 19.3 Å². The van der Waals surface area contributed by atoms with E-state index in [2.05, 4.69) is 0 Å². The Morgan fingerprint density at radius 2 is 0.941 bits per heavy atom. The molecule has 0 saturated heterocycles. The third-order valence-corrected chi connectivity index (χ3v) is 1.80. The molecule has 0 aliphatic heterocycles. The molecule has 4 nitrogen and oxygen atoms in total. The summed E-state index contributed by atoms with van der Waals surface area (Å²) >= 11 is 0. The quantitative estimate of drug-likeness (QED) is 0.637. The summed E-state index contributed by atoms with van der Waals surface area (Å²) in [7, 11) is 0. The standard InChI is InChI=1S/C13H28O4/c1-10(2)7-15-13(14,16-8-11(3)4)17-9-12(5)6/h10-12,14H,7-9H2,1-6H3. The highest BCUT2D eigenvalue weighted by Gasteiger charge is 2.32. The van der Waals surface area contributed by atoms with E-state index in [4.69, 9.17) is 14.2 Å². The normalized spacial score (nSPS) is 13.1. The van der Waals surface area contributed by atoms with Crippen LogP contribution in [0.15, 0.2) is 0 Å². The third kappa shape index (κ3) is 9.53. The molecule has 0 spiro atoms. The summed E-state index contributed by atoms with van der Waals surface area (Å²) in [5.41, 5.74) is 0. The predicted octanol–water partition coefficient (Wildman–Crippen LogP) is 2.61. The molecule has 0 amide bonds. The summed E-state index contributed by atoms with van der Waals surface area (Å²) in [6, 6.07) is 0. The number of hydrogen-bond acceptors (Lipinski definition) is 4. The first-order chi connectivity index (χ1) is 7.75. The van der Waals surface area contributed by atoms with E-state index in [1.807, 2.05) is 41.5 Å². The van der Waals surface area contributed by atoms with Crippen LogP contribution in [0.5, 0.6) is 0 Å². The van der Waals surface area contributed by atoms with Gasteiger partial charge in [0.25, 0.3) is 0 Å². The van der Waals surface area contributed by atoms with Gasteiger partial charge in [-0.1, -0.05) is 41.5 Å². The molecule has 104 valence electrons. The summed E-state index contributed by atoms with van der Waals surface area (Å²) in [4.78, 5) is 0. The van der Waals surface area contributed by atoms with Crippen molar-refractivity contribution >= 4 is 0 Å². The molecule has 0 aliphatic carbocycles. The molecular weight excluding hydrogens is 220 g/mol. The molecule has 0 radical (unpaired) electrons. The lowest BCUT2D eigenvalue weighted by molar-refractivity contribution is -0.489. The average molecular weight is 248 g/mol. The van der Waals surface area contributed by atoms with Crippen molar-refractivity contribution in [1.82, 2.24) is 0 Å². The molecule has 0 rings (SSSR count). The van der Waals surface area contributed by atoms with Crippen LogP contribution < -0.4 is 0 Å². The summed E-state index contributed by atoms with van der Waals surface area (Å²) in [5, 5.41) is 10.1. The van der Waals surface area contributed by atoms with Crippen molar-refractivity contribution in [3.05, 3.63) is 0 Å². The Bertz CT molecular complexity index is 159. The SMILES string of the molecule is CC(C)COC(O)(OCC(C)C)OCC(C)C. The molecule has 0 atom stereocenters. The monoisotopic (exact) mass is 248 g/mol. The second-order valence-electron chi connectivity index (χ2n) is 5.64. The topological polar surface area (TPSA) is 47.9 Å².